The zero-order valence-electron chi connectivity index (χ0n) is 14.3. The van der Waals surface area contributed by atoms with E-state index in [0.717, 1.165) is 11.1 Å². The lowest BCUT2D eigenvalue weighted by molar-refractivity contribution is -0.143. The Kier molecular flexibility index (Phi) is 5.72. The van der Waals surface area contributed by atoms with Crippen LogP contribution in [0.15, 0.2) is 36.4 Å². The topological polar surface area (TPSA) is 38.3 Å². The zero-order chi connectivity index (χ0) is 20.4. The van der Waals surface area contributed by atoms with Crippen LogP contribution in [0.2, 0.25) is 0 Å². The normalized spacial score (nSPS) is 12.0. The van der Waals surface area contributed by atoms with Gasteiger partial charge < -0.3 is 10.1 Å². The first-order valence-corrected chi connectivity index (χ1v) is 7.65. The predicted molar refractivity (Wildman–Crippen MR) is 86.5 cm³/mol. The monoisotopic (exact) mass is 391 g/mol. The summed E-state index contributed by atoms with van der Waals surface area (Å²) in [6.45, 7) is 2.96. The Morgan fingerprint density at radius 1 is 0.926 bits per heavy atom. The van der Waals surface area contributed by atoms with E-state index in [-0.39, 0.29) is 6.07 Å². The average Bonchev–Trinajstić information content (AvgIpc) is 2.54. The molecule has 0 atom stereocenters. The van der Waals surface area contributed by atoms with E-state index in [1.807, 2.05) is 11.4 Å². The SMILES string of the molecule is Cc1ccc(C)c(OCC(=O)Nc2cc(C(F)(F)F)cc(C(F)(F)F)c2)c1. The Labute approximate surface area is 150 Å². The molecule has 1 N–H and O–H groups in total. The van der Waals surface area contributed by atoms with E-state index in [1.54, 1.807) is 26.0 Å². The Bertz CT molecular complexity index is 810. The predicted octanol–water partition coefficient (Wildman–Crippen LogP) is 5.36. The number of aryl methyl sites for hydroxylation is 2. The average molecular weight is 391 g/mol. The minimum absolute atomic E-state index is 0.0116. The summed E-state index contributed by atoms with van der Waals surface area (Å²) in [5.74, 6) is -0.492. The molecule has 0 unspecified atom stereocenters. The standard InChI is InChI=1S/C18H15F6NO2/c1-10-3-4-11(2)15(5-10)27-9-16(26)25-14-7-12(17(19,20)21)6-13(8-14)18(22,23)24/h3-8H,9H2,1-2H3,(H,25,26). The molecular weight excluding hydrogens is 376 g/mol. The van der Waals surface area contributed by atoms with Gasteiger partial charge in [0.1, 0.15) is 5.75 Å². The van der Waals surface area contributed by atoms with Gasteiger partial charge in [-0.3, -0.25) is 4.79 Å². The van der Waals surface area contributed by atoms with Gasteiger partial charge in [-0.1, -0.05) is 12.1 Å². The third-order valence-corrected chi connectivity index (χ3v) is 3.57. The summed E-state index contributed by atoms with van der Waals surface area (Å²) in [5.41, 5.74) is -2.05. The van der Waals surface area contributed by atoms with Crippen molar-refractivity contribution in [1.29, 1.82) is 0 Å². The van der Waals surface area contributed by atoms with Gasteiger partial charge in [0.05, 0.1) is 11.1 Å². The van der Waals surface area contributed by atoms with Gasteiger partial charge in [0.15, 0.2) is 6.61 Å². The molecule has 0 aliphatic carbocycles. The molecule has 0 heterocycles. The third kappa shape index (κ3) is 5.63. The molecular formula is C18H15F6NO2. The number of ether oxygens (including phenoxy) is 1. The summed E-state index contributed by atoms with van der Waals surface area (Å²) >= 11 is 0. The van der Waals surface area contributed by atoms with Gasteiger partial charge in [0.25, 0.3) is 5.91 Å². The van der Waals surface area contributed by atoms with E-state index in [0.29, 0.717) is 17.9 Å². The Balaban J connectivity index is 2.18. The molecule has 0 aliphatic heterocycles. The van der Waals surface area contributed by atoms with Crippen molar-refractivity contribution in [3.63, 3.8) is 0 Å². The number of amides is 1. The molecule has 9 heteroatoms. The summed E-state index contributed by atoms with van der Waals surface area (Å²) in [7, 11) is 0. The molecule has 0 bridgehead atoms. The molecule has 27 heavy (non-hydrogen) atoms. The second-order valence-electron chi connectivity index (χ2n) is 5.90. The van der Waals surface area contributed by atoms with Gasteiger partial charge >= 0.3 is 12.4 Å². The minimum atomic E-state index is -4.99. The zero-order valence-corrected chi connectivity index (χ0v) is 14.3. The fourth-order valence-electron chi connectivity index (χ4n) is 2.23. The summed E-state index contributed by atoms with van der Waals surface area (Å²) in [5, 5.41) is 2.01. The van der Waals surface area contributed by atoms with E-state index >= 15 is 0 Å². The van der Waals surface area contributed by atoms with Crippen molar-refractivity contribution in [2.75, 3.05) is 11.9 Å². The minimum Gasteiger partial charge on any atom is -0.483 e. The number of carbonyl (C=O) groups is 1. The summed E-state index contributed by atoms with van der Waals surface area (Å²) in [6.07, 6.45) is -9.98. The maximum absolute atomic E-state index is 12.8. The molecule has 0 aliphatic rings. The van der Waals surface area contributed by atoms with Crippen molar-refractivity contribution in [1.82, 2.24) is 0 Å². The van der Waals surface area contributed by atoms with E-state index in [2.05, 4.69) is 0 Å². The third-order valence-electron chi connectivity index (χ3n) is 3.57. The molecule has 3 nitrogen and oxygen atoms in total. The fraction of sp³-hybridized carbons (Fsp3) is 0.278. The number of rotatable bonds is 4. The van der Waals surface area contributed by atoms with Gasteiger partial charge in [-0.15, -0.1) is 0 Å². The molecule has 0 fully saturated rings. The highest BCUT2D eigenvalue weighted by Crippen LogP contribution is 2.37. The number of hydrogen-bond donors (Lipinski definition) is 1. The van der Waals surface area contributed by atoms with Crippen LogP contribution in [0.4, 0.5) is 32.0 Å². The molecule has 2 aromatic carbocycles. The fourth-order valence-corrected chi connectivity index (χ4v) is 2.23. The highest BCUT2D eigenvalue weighted by molar-refractivity contribution is 5.92. The van der Waals surface area contributed by atoms with Gasteiger partial charge in [0.2, 0.25) is 0 Å². The maximum Gasteiger partial charge on any atom is 0.416 e. The molecule has 0 saturated carbocycles. The second-order valence-corrected chi connectivity index (χ2v) is 5.90. The van der Waals surface area contributed by atoms with Crippen LogP contribution in [-0.4, -0.2) is 12.5 Å². The van der Waals surface area contributed by atoms with Crippen LogP contribution >= 0.6 is 0 Å². The molecule has 1 amide bonds. The molecule has 0 radical (unpaired) electrons. The molecule has 2 rings (SSSR count). The highest BCUT2D eigenvalue weighted by atomic mass is 19.4. The van der Waals surface area contributed by atoms with Crippen LogP contribution in [0.25, 0.3) is 0 Å². The van der Waals surface area contributed by atoms with Gasteiger partial charge in [0, 0.05) is 5.69 Å². The first kappa shape index (κ1) is 20.6. The van der Waals surface area contributed by atoms with Gasteiger partial charge in [-0.2, -0.15) is 26.3 Å². The van der Waals surface area contributed by atoms with Gasteiger partial charge in [-0.05, 0) is 49.2 Å². The van der Waals surface area contributed by atoms with E-state index < -0.39 is 41.7 Å². The second kappa shape index (κ2) is 7.50. The molecule has 0 saturated heterocycles. The lowest BCUT2D eigenvalue weighted by atomic mass is 10.1. The van der Waals surface area contributed by atoms with E-state index in [9.17, 15) is 31.1 Å². The molecule has 2 aromatic rings. The summed E-state index contributed by atoms with van der Waals surface area (Å²) in [6, 6.07) is 6.10. The number of benzene rings is 2. The van der Waals surface area contributed by atoms with E-state index in [1.165, 1.54) is 0 Å². The quantitative estimate of drug-likeness (QED) is 0.713. The first-order valence-electron chi connectivity index (χ1n) is 7.65. The van der Waals surface area contributed by atoms with Crippen molar-refractivity contribution in [2.24, 2.45) is 0 Å². The summed E-state index contributed by atoms with van der Waals surface area (Å²) in [4.78, 5) is 11.9. The van der Waals surface area contributed by atoms with Crippen molar-refractivity contribution < 1.29 is 35.9 Å². The van der Waals surface area contributed by atoms with E-state index in [4.69, 9.17) is 4.74 Å². The Morgan fingerprint density at radius 2 is 1.48 bits per heavy atom. The number of carbonyl (C=O) groups excluding carboxylic acids is 1. The van der Waals surface area contributed by atoms with Crippen LogP contribution in [0.1, 0.15) is 22.3 Å². The van der Waals surface area contributed by atoms with Gasteiger partial charge in [-0.25, -0.2) is 0 Å². The molecule has 0 aromatic heterocycles. The first-order chi connectivity index (χ1) is 12.4. The number of nitrogens with one attached hydrogen (secondary N) is 1. The number of anilines is 1. The maximum atomic E-state index is 12.8. The number of hydrogen-bond acceptors (Lipinski definition) is 2. The smallest absolute Gasteiger partial charge is 0.416 e. The van der Waals surface area contributed by atoms with Crippen LogP contribution in [0, 0.1) is 13.8 Å². The van der Waals surface area contributed by atoms with Crippen LogP contribution in [0.5, 0.6) is 5.75 Å². The number of halogens is 6. The highest BCUT2D eigenvalue weighted by Gasteiger charge is 2.37. The summed E-state index contributed by atoms with van der Waals surface area (Å²) < 4.78 is 82.2. The van der Waals surface area contributed by atoms with Crippen molar-refractivity contribution in [2.45, 2.75) is 26.2 Å². The largest absolute Gasteiger partial charge is 0.483 e. The van der Waals surface area contributed by atoms with Crippen molar-refractivity contribution in [3.8, 4) is 5.75 Å². The Morgan fingerprint density at radius 3 is 2.00 bits per heavy atom. The lowest BCUT2D eigenvalue weighted by Gasteiger charge is -2.15. The van der Waals surface area contributed by atoms with Crippen molar-refractivity contribution in [3.05, 3.63) is 58.7 Å². The van der Waals surface area contributed by atoms with Crippen LogP contribution < -0.4 is 10.1 Å². The Hall–Kier alpha value is -2.71. The lowest BCUT2D eigenvalue weighted by Crippen LogP contribution is -2.21. The molecule has 146 valence electrons. The van der Waals surface area contributed by atoms with Crippen molar-refractivity contribution >= 4 is 11.6 Å². The van der Waals surface area contributed by atoms with Crippen LogP contribution in [-0.2, 0) is 17.1 Å². The number of alkyl halides is 6. The van der Waals surface area contributed by atoms with Crippen LogP contribution in [0.3, 0.4) is 0 Å². The molecule has 0 spiro atoms.